The summed E-state index contributed by atoms with van der Waals surface area (Å²) in [5.74, 6) is 2.30. The van der Waals surface area contributed by atoms with Gasteiger partial charge in [0.15, 0.2) is 17.3 Å². The second-order valence-electron chi connectivity index (χ2n) is 5.85. The number of methoxy groups -OCH3 is 3. The first-order chi connectivity index (χ1) is 13.6. The lowest BCUT2D eigenvalue weighted by Crippen LogP contribution is -2.26. The fourth-order valence-corrected chi connectivity index (χ4v) is 2.66. The lowest BCUT2D eigenvalue weighted by molar-refractivity contribution is -0.120. The van der Waals surface area contributed by atoms with Crippen molar-refractivity contribution in [1.29, 1.82) is 0 Å². The van der Waals surface area contributed by atoms with Crippen LogP contribution in [0.5, 0.6) is 17.2 Å². The molecule has 0 aliphatic carbocycles. The van der Waals surface area contributed by atoms with E-state index < -0.39 is 0 Å². The number of aromatic nitrogens is 4. The molecule has 3 aromatic rings. The third-order valence-electron chi connectivity index (χ3n) is 4.11. The van der Waals surface area contributed by atoms with Gasteiger partial charge in [-0.2, -0.15) is 4.68 Å². The van der Waals surface area contributed by atoms with Crippen molar-refractivity contribution in [3.63, 3.8) is 0 Å². The van der Waals surface area contributed by atoms with Gasteiger partial charge in [-0.3, -0.25) is 4.79 Å². The highest BCUT2D eigenvalue weighted by Crippen LogP contribution is 2.27. The summed E-state index contributed by atoms with van der Waals surface area (Å²) >= 11 is 0. The van der Waals surface area contributed by atoms with E-state index in [1.54, 1.807) is 38.1 Å². The highest BCUT2D eigenvalue weighted by molar-refractivity contribution is 5.78. The normalized spacial score (nSPS) is 10.4. The van der Waals surface area contributed by atoms with Crippen LogP contribution in [0.2, 0.25) is 0 Å². The summed E-state index contributed by atoms with van der Waals surface area (Å²) in [7, 11) is 4.73. The molecular formula is C19H21N5O4. The van der Waals surface area contributed by atoms with Crippen LogP contribution in [-0.2, 0) is 17.8 Å². The molecule has 9 nitrogen and oxygen atoms in total. The highest BCUT2D eigenvalue weighted by Gasteiger charge is 2.12. The lowest BCUT2D eigenvalue weighted by atomic mass is 10.1. The van der Waals surface area contributed by atoms with Gasteiger partial charge < -0.3 is 19.5 Å². The van der Waals surface area contributed by atoms with E-state index in [1.165, 1.54) is 0 Å². The summed E-state index contributed by atoms with van der Waals surface area (Å²) in [4.78, 5) is 12.3. The molecule has 0 aliphatic heterocycles. The van der Waals surface area contributed by atoms with Crippen molar-refractivity contribution >= 4 is 5.91 Å². The number of ether oxygens (including phenoxy) is 3. The van der Waals surface area contributed by atoms with E-state index >= 15 is 0 Å². The molecule has 1 aromatic heterocycles. The minimum absolute atomic E-state index is 0.156. The van der Waals surface area contributed by atoms with Gasteiger partial charge in [-0.05, 0) is 52.4 Å². The minimum Gasteiger partial charge on any atom is -0.497 e. The van der Waals surface area contributed by atoms with Crippen LogP contribution in [0.3, 0.4) is 0 Å². The van der Waals surface area contributed by atoms with Gasteiger partial charge in [-0.25, -0.2) is 0 Å². The Bertz CT molecular complexity index is 940. The number of tetrazole rings is 1. The van der Waals surface area contributed by atoms with Crippen LogP contribution in [0.1, 0.15) is 11.4 Å². The first kappa shape index (κ1) is 19.2. The molecule has 0 saturated heterocycles. The van der Waals surface area contributed by atoms with Crippen LogP contribution < -0.4 is 19.5 Å². The topological polar surface area (TPSA) is 100 Å². The molecular weight excluding hydrogens is 362 g/mol. The van der Waals surface area contributed by atoms with E-state index in [4.69, 9.17) is 14.2 Å². The second-order valence-corrected chi connectivity index (χ2v) is 5.85. The fraction of sp³-hybridized carbons (Fsp3) is 0.263. The molecule has 1 heterocycles. The summed E-state index contributed by atoms with van der Waals surface area (Å²) in [5, 5.41) is 14.5. The van der Waals surface area contributed by atoms with E-state index in [0.717, 1.165) is 17.0 Å². The lowest BCUT2D eigenvalue weighted by Gasteiger charge is -2.10. The Morgan fingerprint density at radius 3 is 2.43 bits per heavy atom. The van der Waals surface area contributed by atoms with Crippen LogP contribution in [-0.4, -0.2) is 47.4 Å². The summed E-state index contributed by atoms with van der Waals surface area (Å²) in [6.45, 7) is 0.200. The third kappa shape index (κ3) is 4.37. The fourth-order valence-electron chi connectivity index (χ4n) is 2.66. The smallest absolute Gasteiger partial charge is 0.224 e. The number of carbonyl (C=O) groups is 1. The monoisotopic (exact) mass is 383 g/mol. The van der Waals surface area contributed by atoms with Gasteiger partial charge in [0.25, 0.3) is 0 Å². The number of rotatable bonds is 8. The first-order valence-electron chi connectivity index (χ1n) is 8.54. The zero-order chi connectivity index (χ0) is 19.9. The standard InChI is InChI=1S/C19H21N5O4/c1-26-15-7-5-14(6-8-15)24-18(21-22-23-24)12-20-19(25)11-13-4-9-16(27-2)17(10-13)28-3/h4-10H,11-12H2,1-3H3,(H,20,25). The predicted octanol–water partition coefficient (Wildman–Crippen LogP) is 1.55. The number of nitrogens with zero attached hydrogens (tertiary/aromatic N) is 4. The highest BCUT2D eigenvalue weighted by atomic mass is 16.5. The maximum absolute atomic E-state index is 12.3. The Morgan fingerprint density at radius 1 is 1.00 bits per heavy atom. The maximum atomic E-state index is 12.3. The van der Waals surface area contributed by atoms with Gasteiger partial charge in [0.1, 0.15) is 5.75 Å². The quantitative estimate of drug-likeness (QED) is 0.630. The molecule has 146 valence electrons. The Hall–Kier alpha value is -3.62. The Morgan fingerprint density at radius 2 is 1.75 bits per heavy atom. The molecule has 9 heteroatoms. The van der Waals surface area contributed by atoms with E-state index in [9.17, 15) is 4.79 Å². The largest absolute Gasteiger partial charge is 0.497 e. The van der Waals surface area contributed by atoms with Gasteiger partial charge >= 0.3 is 0 Å². The summed E-state index contributed by atoms with van der Waals surface area (Å²) in [6.07, 6.45) is 0.199. The first-order valence-corrected chi connectivity index (χ1v) is 8.54. The number of carbonyl (C=O) groups excluding carboxylic acids is 1. The van der Waals surface area contributed by atoms with Crippen LogP contribution in [0.25, 0.3) is 5.69 Å². The van der Waals surface area contributed by atoms with Gasteiger partial charge in [0, 0.05) is 0 Å². The van der Waals surface area contributed by atoms with Crippen molar-refractivity contribution in [2.75, 3.05) is 21.3 Å². The van der Waals surface area contributed by atoms with Crippen molar-refractivity contribution in [2.45, 2.75) is 13.0 Å². The molecule has 1 amide bonds. The molecule has 0 unspecified atom stereocenters. The summed E-state index contributed by atoms with van der Waals surface area (Å²) in [6, 6.07) is 12.7. The molecule has 0 saturated carbocycles. The van der Waals surface area contributed by atoms with Crippen molar-refractivity contribution < 1.29 is 19.0 Å². The molecule has 3 rings (SSSR count). The summed E-state index contributed by atoms with van der Waals surface area (Å²) in [5.41, 5.74) is 1.58. The molecule has 1 N–H and O–H groups in total. The van der Waals surface area contributed by atoms with Crippen molar-refractivity contribution in [2.24, 2.45) is 0 Å². The SMILES string of the molecule is COc1ccc(-n2nnnc2CNC(=O)Cc2ccc(OC)c(OC)c2)cc1. The minimum atomic E-state index is -0.156. The molecule has 28 heavy (non-hydrogen) atoms. The maximum Gasteiger partial charge on any atom is 0.224 e. The number of hydrogen-bond donors (Lipinski definition) is 1. The number of amides is 1. The number of nitrogens with one attached hydrogen (secondary N) is 1. The third-order valence-corrected chi connectivity index (χ3v) is 4.11. The molecule has 0 atom stereocenters. The van der Waals surface area contributed by atoms with Gasteiger partial charge in [-0.15, -0.1) is 5.10 Å². The average Bonchev–Trinajstić information content (AvgIpc) is 3.21. The average molecular weight is 383 g/mol. The Kier molecular flexibility index (Phi) is 6.05. The van der Waals surface area contributed by atoms with E-state index in [-0.39, 0.29) is 18.9 Å². The zero-order valence-corrected chi connectivity index (χ0v) is 15.9. The van der Waals surface area contributed by atoms with E-state index in [2.05, 4.69) is 20.8 Å². The zero-order valence-electron chi connectivity index (χ0n) is 15.9. The Balaban J connectivity index is 1.63. The van der Waals surface area contributed by atoms with E-state index in [1.807, 2.05) is 30.3 Å². The number of benzene rings is 2. The van der Waals surface area contributed by atoms with Gasteiger partial charge in [0.05, 0.1) is 40.0 Å². The molecule has 0 bridgehead atoms. The van der Waals surface area contributed by atoms with Crippen LogP contribution in [0.15, 0.2) is 42.5 Å². The van der Waals surface area contributed by atoms with Crippen LogP contribution >= 0.6 is 0 Å². The van der Waals surface area contributed by atoms with Crippen molar-refractivity contribution in [3.05, 3.63) is 53.9 Å². The van der Waals surface area contributed by atoms with Gasteiger partial charge in [0.2, 0.25) is 5.91 Å². The Labute approximate surface area is 162 Å². The molecule has 0 fully saturated rings. The second kappa shape index (κ2) is 8.85. The molecule has 0 spiro atoms. The van der Waals surface area contributed by atoms with Gasteiger partial charge in [-0.1, -0.05) is 6.07 Å². The molecule has 0 radical (unpaired) electrons. The van der Waals surface area contributed by atoms with Crippen molar-refractivity contribution in [3.8, 4) is 22.9 Å². The van der Waals surface area contributed by atoms with E-state index in [0.29, 0.717) is 17.3 Å². The summed E-state index contributed by atoms with van der Waals surface area (Å²) < 4.78 is 17.2. The number of hydrogen-bond acceptors (Lipinski definition) is 7. The predicted molar refractivity (Wildman–Crippen MR) is 101 cm³/mol. The molecule has 2 aromatic carbocycles. The molecule has 0 aliphatic rings. The van der Waals surface area contributed by atoms with Crippen molar-refractivity contribution in [1.82, 2.24) is 25.5 Å². The van der Waals surface area contributed by atoms with Crippen LogP contribution in [0, 0.1) is 0 Å². The van der Waals surface area contributed by atoms with Crippen LogP contribution in [0.4, 0.5) is 0 Å².